The second-order valence-electron chi connectivity index (χ2n) is 3.29. The first-order chi connectivity index (χ1) is 7.70. The topological polar surface area (TPSA) is 78.9 Å². The number of aromatic nitrogens is 4. The number of pyridine rings is 1. The van der Waals surface area contributed by atoms with Crippen LogP contribution >= 0.6 is 0 Å². The molecule has 16 heavy (non-hydrogen) atoms. The zero-order valence-corrected chi connectivity index (χ0v) is 9.21. The molecule has 0 aliphatic carbocycles. The molecule has 0 fully saturated rings. The second-order valence-corrected chi connectivity index (χ2v) is 3.29. The molecule has 0 saturated heterocycles. The third-order valence-corrected chi connectivity index (χ3v) is 2.00. The van der Waals surface area contributed by atoms with Crippen LogP contribution in [0.25, 0.3) is 5.82 Å². The molecular formula is C10H13N5O. The highest BCUT2D eigenvalue weighted by molar-refractivity contribution is 5.34. The van der Waals surface area contributed by atoms with Gasteiger partial charge in [0, 0.05) is 6.20 Å². The Morgan fingerprint density at radius 3 is 3.00 bits per heavy atom. The molecule has 2 aromatic rings. The second kappa shape index (κ2) is 4.18. The Bertz CT molecular complexity index is 494. The summed E-state index contributed by atoms with van der Waals surface area (Å²) in [4.78, 5) is 8.14. The molecule has 2 N–H and O–H groups in total. The first kappa shape index (κ1) is 10.4. The lowest BCUT2D eigenvalue weighted by Gasteiger charge is -2.01. The number of rotatable bonds is 3. The molecule has 0 saturated carbocycles. The Morgan fingerprint density at radius 2 is 2.31 bits per heavy atom. The maximum absolute atomic E-state index is 5.72. The van der Waals surface area contributed by atoms with E-state index >= 15 is 0 Å². The van der Waals surface area contributed by atoms with Crippen LogP contribution in [0.15, 0.2) is 18.3 Å². The number of hydrogen-bond acceptors (Lipinski definition) is 5. The Morgan fingerprint density at radius 1 is 1.50 bits per heavy atom. The summed E-state index contributed by atoms with van der Waals surface area (Å²) >= 11 is 0. The number of anilines is 1. The molecule has 0 aromatic carbocycles. The van der Waals surface area contributed by atoms with E-state index < -0.39 is 0 Å². The minimum atomic E-state index is 0.265. The molecule has 0 radical (unpaired) electrons. The average Bonchev–Trinajstić information content (AvgIpc) is 2.60. The minimum Gasteiger partial charge on any atom is -0.463 e. The van der Waals surface area contributed by atoms with E-state index in [0.717, 1.165) is 5.56 Å². The van der Waals surface area contributed by atoms with Crippen molar-refractivity contribution in [2.45, 2.75) is 13.8 Å². The Hall–Kier alpha value is -2.11. The van der Waals surface area contributed by atoms with Gasteiger partial charge in [0.2, 0.25) is 5.95 Å². The van der Waals surface area contributed by atoms with Crippen LogP contribution in [0.3, 0.4) is 0 Å². The normalized spacial score (nSPS) is 10.4. The SMILES string of the molecule is CCOc1nc(N)n(-c2cc(C)ccn2)n1. The first-order valence-electron chi connectivity index (χ1n) is 4.99. The number of ether oxygens (including phenoxy) is 1. The van der Waals surface area contributed by atoms with Gasteiger partial charge < -0.3 is 10.5 Å². The molecule has 6 nitrogen and oxygen atoms in total. The van der Waals surface area contributed by atoms with Gasteiger partial charge in [-0.25, -0.2) is 4.98 Å². The monoisotopic (exact) mass is 219 g/mol. The van der Waals surface area contributed by atoms with E-state index in [1.165, 1.54) is 4.68 Å². The zero-order valence-electron chi connectivity index (χ0n) is 9.21. The Kier molecular flexibility index (Phi) is 2.72. The predicted molar refractivity (Wildman–Crippen MR) is 59.5 cm³/mol. The fourth-order valence-corrected chi connectivity index (χ4v) is 1.30. The lowest BCUT2D eigenvalue weighted by Crippen LogP contribution is -2.04. The predicted octanol–water partition coefficient (Wildman–Crippen LogP) is 0.952. The maximum Gasteiger partial charge on any atom is 0.337 e. The highest BCUT2D eigenvalue weighted by atomic mass is 16.5. The Labute approximate surface area is 93.1 Å². The fraction of sp³-hybridized carbons (Fsp3) is 0.300. The van der Waals surface area contributed by atoms with Crippen LogP contribution in [0.5, 0.6) is 6.01 Å². The third-order valence-electron chi connectivity index (χ3n) is 2.00. The largest absolute Gasteiger partial charge is 0.463 e. The summed E-state index contributed by atoms with van der Waals surface area (Å²) in [6.45, 7) is 4.34. The van der Waals surface area contributed by atoms with E-state index in [4.69, 9.17) is 10.5 Å². The van der Waals surface area contributed by atoms with Gasteiger partial charge in [-0.1, -0.05) is 0 Å². The minimum absolute atomic E-state index is 0.265. The fourth-order valence-electron chi connectivity index (χ4n) is 1.30. The van der Waals surface area contributed by atoms with Crippen molar-refractivity contribution in [1.29, 1.82) is 0 Å². The lowest BCUT2D eigenvalue weighted by atomic mass is 10.3. The molecule has 0 atom stereocenters. The van der Waals surface area contributed by atoms with E-state index in [1.807, 2.05) is 26.0 Å². The van der Waals surface area contributed by atoms with Gasteiger partial charge in [-0.3, -0.25) is 0 Å². The van der Waals surface area contributed by atoms with Crippen LogP contribution in [0.1, 0.15) is 12.5 Å². The molecule has 0 bridgehead atoms. The van der Waals surface area contributed by atoms with Crippen LogP contribution in [-0.4, -0.2) is 26.4 Å². The summed E-state index contributed by atoms with van der Waals surface area (Å²) in [6, 6.07) is 4.05. The third kappa shape index (κ3) is 1.95. The van der Waals surface area contributed by atoms with E-state index in [0.29, 0.717) is 12.4 Å². The van der Waals surface area contributed by atoms with Gasteiger partial charge in [0.05, 0.1) is 6.61 Å². The van der Waals surface area contributed by atoms with Crippen molar-refractivity contribution in [2.24, 2.45) is 0 Å². The van der Waals surface area contributed by atoms with E-state index in [9.17, 15) is 0 Å². The summed E-state index contributed by atoms with van der Waals surface area (Å²) in [5.41, 5.74) is 6.80. The van der Waals surface area contributed by atoms with Gasteiger partial charge in [-0.15, -0.1) is 5.10 Å². The van der Waals surface area contributed by atoms with Gasteiger partial charge in [0.15, 0.2) is 5.82 Å². The molecule has 0 aliphatic heterocycles. The van der Waals surface area contributed by atoms with Crippen molar-refractivity contribution < 1.29 is 4.74 Å². The van der Waals surface area contributed by atoms with Crippen molar-refractivity contribution in [3.63, 3.8) is 0 Å². The van der Waals surface area contributed by atoms with Crippen LogP contribution in [0.4, 0.5) is 5.95 Å². The molecule has 0 amide bonds. The maximum atomic E-state index is 5.72. The van der Waals surface area contributed by atoms with Gasteiger partial charge >= 0.3 is 6.01 Å². The highest BCUT2D eigenvalue weighted by Crippen LogP contribution is 2.13. The molecule has 0 unspecified atom stereocenters. The number of nitrogen functional groups attached to an aromatic ring is 1. The van der Waals surface area contributed by atoms with Crippen molar-refractivity contribution in [2.75, 3.05) is 12.3 Å². The molecule has 6 heteroatoms. The molecular weight excluding hydrogens is 206 g/mol. The molecule has 0 spiro atoms. The van der Waals surface area contributed by atoms with Crippen molar-refractivity contribution in [1.82, 2.24) is 19.7 Å². The molecule has 84 valence electrons. The summed E-state index contributed by atoms with van der Waals surface area (Å²) in [6.07, 6.45) is 1.70. The summed E-state index contributed by atoms with van der Waals surface area (Å²) in [7, 11) is 0. The summed E-state index contributed by atoms with van der Waals surface area (Å²) < 4.78 is 6.62. The lowest BCUT2D eigenvalue weighted by molar-refractivity contribution is 0.312. The zero-order chi connectivity index (χ0) is 11.5. The van der Waals surface area contributed by atoms with E-state index in [-0.39, 0.29) is 12.0 Å². The van der Waals surface area contributed by atoms with Gasteiger partial charge in [0.1, 0.15) is 0 Å². The van der Waals surface area contributed by atoms with Crippen LogP contribution in [0.2, 0.25) is 0 Å². The molecule has 0 aliphatic rings. The van der Waals surface area contributed by atoms with Crippen LogP contribution in [-0.2, 0) is 0 Å². The van der Waals surface area contributed by atoms with E-state index in [2.05, 4.69) is 15.1 Å². The van der Waals surface area contributed by atoms with Gasteiger partial charge in [0.25, 0.3) is 0 Å². The van der Waals surface area contributed by atoms with Crippen molar-refractivity contribution >= 4 is 5.95 Å². The smallest absolute Gasteiger partial charge is 0.337 e. The average molecular weight is 219 g/mol. The molecule has 2 rings (SSSR count). The van der Waals surface area contributed by atoms with Gasteiger partial charge in [-0.2, -0.15) is 9.67 Å². The summed E-state index contributed by atoms with van der Waals surface area (Å²) in [5, 5.41) is 4.11. The molecule has 2 aromatic heterocycles. The Balaban J connectivity index is 2.40. The highest BCUT2D eigenvalue weighted by Gasteiger charge is 2.10. The van der Waals surface area contributed by atoms with E-state index in [1.54, 1.807) is 6.20 Å². The van der Waals surface area contributed by atoms with Gasteiger partial charge in [-0.05, 0) is 31.5 Å². The quantitative estimate of drug-likeness (QED) is 0.831. The summed E-state index contributed by atoms with van der Waals surface area (Å²) in [5.74, 6) is 0.900. The van der Waals surface area contributed by atoms with Crippen molar-refractivity contribution in [3.05, 3.63) is 23.9 Å². The number of nitrogens with zero attached hydrogens (tertiary/aromatic N) is 4. The first-order valence-corrected chi connectivity index (χ1v) is 4.99. The number of nitrogens with two attached hydrogens (primary N) is 1. The number of hydrogen-bond donors (Lipinski definition) is 1. The van der Waals surface area contributed by atoms with Crippen LogP contribution < -0.4 is 10.5 Å². The number of aryl methyl sites for hydroxylation is 1. The molecule has 2 heterocycles. The standard InChI is InChI=1S/C10H13N5O/c1-3-16-10-13-9(11)15(14-10)8-6-7(2)4-5-12-8/h4-6H,3H2,1-2H3,(H2,11,13,14). The van der Waals surface area contributed by atoms with Crippen molar-refractivity contribution in [3.8, 4) is 11.8 Å². The van der Waals surface area contributed by atoms with Crippen LogP contribution in [0, 0.1) is 6.92 Å².